The van der Waals surface area contributed by atoms with Gasteiger partial charge < -0.3 is 39.5 Å². The van der Waals surface area contributed by atoms with E-state index in [4.69, 9.17) is 34.2 Å². The number of benzene rings is 1. The Kier molecular flexibility index (Phi) is 16.0. The summed E-state index contributed by atoms with van der Waals surface area (Å²) in [6.45, 7) is 2.63. The van der Waals surface area contributed by atoms with Gasteiger partial charge in [-0.05, 0) is 38.3 Å². The van der Waals surface area contributed by atoms with Crippen molar-refractivity contribution in [3.63, 3.8) is 0 Å². The maximum absolute atomic E-state index is 12.7. The quantitative estimate of drug-likeness (QED) is 0.298. The summed E-state index contributed by atoms with van der Waals surface area (Å²) in [4.78, 5) is 36.4. The molecule has 1 amide bonds. The van der Waals surface area contributed by atoms with Crippen LogP contribution in [0.2, 0.25) is 0 Å². The van der Waals surface area contributed by atoms with Crippen molar-refractivity contribution >= 4 is 17.4 Å². The second-order valence-corrected chi connectivity index (χ2v) is 8.88. The van der Waals surface area contributed by atoms with Gasteiger partial charge >= 0.3 is 0 Å². The molecule has 2 aliphatic rings. The van der Waals surface area contributed by atoms with Crippen LogP contribution in [-0.4, -0.2) is 89.2 Å². The molecule has 0 aliphatic carbocycles. The van der Waals surface area contributed by atoms with Crippen LogP contribution in [0.15, 0.2) is 12.1 Å². The molecule has 1 aromatic rings. The van der Waals surface area contributed by atoms with E-state index < -0.39 is 11.0 Å². The van der Waals surface area contributed by atoms with Crippen molar-refractivity contribution in [1.82, 2.24) is 5.32 Å². The molecule has 2 heterocycles. The Hall–Kier alpha value is -2.84. The molecular formula is C26H41N3O10. The van der Waals surface area contributed by atoms with Crippen LogP contribution >= 0.6 is 0 Å². The number of nitrogens with one attached hydrogen (secondary N) is 1. The van der Waals surface area contributed by atoms with Gasteiger partial charge in [-0.2, -0.15) is 0 Å². The molecular weight excluding hydrogens is 514 g/mol. The first-order chi connectivity index (χ1) is 19.0. The molecule has 0 saturated heterocycles. The number of ketones is 1. The fourth-order valence-electron chi connectivity index (χ4n) is 3.75. The highest BCUT2D eigenvalue weighted by atomic mass is 16.6. The molecule has 2 bridgehead atoms. The number of nitro groups is 1. The van der Waals surface area contributed by atoms with Gasteiger partial charge in [0.15, 0.2) is 17.3 Å². The number of hydrogen-bond donors (Lipinski definition) is 2. The molecule has 0 radical (unpaired) electrons. The lowest BCUT2D eigenvalue weighted by Crippen LogP contribution is -2.44. The molecule has 220 valence electrons. The van der Waals surface area contributed by atoms with Gasteiger partial charge in [-0.25, -0.2) is 0 Å². The predicted octanol–water partition coefficient (Wildman–Crippen LogP) is 1.92. The molecule has 1 aromatic carbocycles. The fraction of sp³-hybridized carbons (Fsp3) is 0.692. The van der Waals surface area contributed by atoms with Crippen molar-refractivity contribution in [2.75, 3.05) is 66.5 Å². The van der Waals surface area contributed by atoms with Gasteiger partial charge in [-0.3, -0.25) is 19.7 Å². The number of carbonyl (C=O) groups is 2. The third kappa shape index (κ3) is 12.7. The number of methoxy groups -OCH3 is 1. The SMILES string of the molecule is COc1cc2c([N+](=O)[O-])cc1OCCOCCOCCCCCOCCC(=O)NC(C(=O)CCCN)COC2. The number of carbonyl (C=O) groups excluding carboxylic acids is 2. The summed E-state index contributed by atoms with van der Waals surface area (Å²) in [5.74, 6) is -0.0908. The van der Waals surface area contributed by atoms with Crippen molar-refractivity contribution in [3.05, 3.63) is 27.8 Å². The first-order valence-corrected chi connectivity index (χ1v) is 13.3. The Morgan fingerprint density at radius 3 is 2.44 bits per heavy atom. The van der Waals surface area contributed by atoms with Gasteiger partial charge in [0.05, 0.1) is 63.3 Å². The summed E-state index contributed by atoms with van der Waals surface area (Å²) in [5, 5.41) is 14.4. The van der Waals surface area contributed by atoms with E-state index in [-0.39, 0.29) is 80.3 Å². The summed E-state index contributed by atoms with van der Waals surface area (Å²) in [6.07, 6.45) is 3.40. The number of ether oxygens (including phenoxy) is 6. The van der Waals surface area contributed by atoms with E-state index in [1.807, 2.05) is 0 Å². The summed E-state index contributed by atoms with van der Waals surface area (Å²) < 4.78 is 33.3. The van der Waals surface area contributed by atoms with Crippen LogP contribution in [0, 0.1) is 10.1 Å². The average molecular weight is 556 g/mol. The molecule has 1 unspecified atom stereocenters. The minimum absolute atomic E-state index is 0.0912. The highest BCUT2D eigenvalue weighted by Crippen LogP contribution is 2.35. The van der Waals surface area contributed by atoms with E-state index in [0.29, 0.717) is 39.4 Å². The topological polar surface area (TPSA) is 171 Å². The summed E-state index contributed by atoms with van der Waals surface area (Å²) in [5.41, 5.74) is 5.53. The number of nitrogens with zero attached hydrogens (tertiary/aromatic N) is 1. The van der Waals surface area contributed by atoms with Crippen LogP contribution in [0.4, 0.5) is 5.69 Å². The first-order valence-electron chi connectivity index (χ1n) is 13.3. The molecule has 3 rings (SSSR count). The zero-order chi connectivity index (χ0) is 28.3. The lowest BCUT2D eigenvalue weighted by Gasteiger charge is -2.18. The Bertz CT molecular complexity index is 899. The average Bonchev–Trinajstić information content (AvgIpc) is 2.92. The third-order valence-corrected chi connectivity index (χ3v) is 5.86. The number of Topliss-reactive ketones (excluding diaryl/α,β-unsaturated/α-hetero) is 1. The predicted molar refractivity (Wildman–Crippen MR) is 141 cm³/mol. The van der Waals surface area contributed by atoms with Crippen molar-refractivity contribution in [3.8, 4) is 11.5 Å². The van der Waals surface area contributed by atoms with E-state index in [1.54, 1.807) is 0 Å². The maximum atomic E-state index is 12.7. The minimum atomic E-state index is -0.915. The Morgan fingerprint density at radius 2 is 1.74 bits per heavy atom. The Labute approximate surface area is 228 Å². The molecule has 0 saturated carbocycles. The second kappa shape index (κ2) is 19.3. The molecule has 3 N–H and O–H groups in total. The second-order valence-electron chi connectivity index (χ2n) is 8.88. The number of nitrogens with two attached hydrogens (primary N) is 1. The molecule has 0 fully saturated rings. The van der Waals surface area contributed by atoms with E-state index in [1.165, 1.54) is 19.2 Å². The van der Waals surface area contributed by atoms with Crippen molar-refractivity contribution in [2.45, 2.75) is 51.2 Å². The zero-order valence-electron chi connectivity index (χ0n) is 22.7. The monoisotopic (exact) mass is 555 g/mol. The highest BCUT2D eigenvalue weighted by molar-refractivity contribution is 5.89. The first kappa shape index (κ1) is 32.4. The van der Waals surface area contributed by atoms with Crippen molar-refractivity contribution < 1.29 is 42.9 Å². The largest absolute Gasteiger partial charge is 0.493 e. The standard InChI is InChI=1S/C26H41N3O10/c1-34-24-16-20-18-38-19-21(23(30)6-5-8-27)28-26(31)7-11-35-9-3-2-4-10-36-12-13-37-14-15-39-25(24)17-22(20)29(32)33/h16-17,21H,2-15,18-19,27H2,1H3,(H,28,31). The highest BCUT2D eigenvalue weighted by Gasteiger charge is 2.23. The number of rotatable bonds is 6. The van der Waals surface area contributed by atoms with Crippen molar-refractivity contribution in [1.29, 1.82) is 0 Å². The molecule has 13 heteroatoms. The van der Waals surface area contributed by atoms with Gasteiger partial charge in [0, 0.05) is 26.1 Å². The fourth-order valence-corrected chi connectivity index (χ4v) is 3.75. The van der Waals surface area contributed by atoms with E-state index in [9.17, 15) is 19.7 Å². The number of fused-ring (bicyclic) bond motifs is 22. The van der Waals surface area contributed by atoms with Crippen LogP contribution < -0.4 is 20.5 Å². The Morgan fingerprint density at radius 1 is 1.05 bits per heavy atom. The minimum Gasteiger partial charge on any atom is -0.493 e. The van der Waals surface area contributed by atoms with Crippen LogP contribution in [-0.2, 0) is 35.1 Å². The summed E-state index contributed by atoms with van der Waals surface area (Å²) in [6, 6.07) is 1.82. The van der Waals surface area contributed by atoms with Gasteiger partial charge in [0.25, 0.3) is 5.69 Å². The van der Waals surface area contributed by atoms with E-state index >= 15 is 0 Å². The molecule has 0 aromatic heterocycles. The number of hydrogen-bond acceptors (Lipinski definition) is 11. The van der Waals surface area contributed by atoms with E-state index in [2.05, 4.69) is 5.32 Å². The van der Waals surface area contributed by atoms with Crippen LogP contribution in [0.5, 0.6) is 11.5 Å². The number of nitro benzene ring substituents is 1. The Balaban J connectivity index is 2.13. The molecule has 0 spiro atoms. The van der Waals surface area contributed by atoms with Crippen LogP contribution in [0.3, 0.4) is 0 Å². The normalized spacial score (nSPS) is 19.6. The van der Waals surface area contributed by atoms with Crippen LogP contribution in [0.25, 0.3) is 0 Å². The van der Waals surface area contributed by atoms with Gasteiger partial charge in [0.1, 0.15) is 12.6 Å². The van der Waals surface area contributed by atoms with Gasteiger partial charge in [-0.1, -0.05) is 0 Å². The molecule has 39 heavy (non-hydrogen) atoms. The lowest BCUT2D eigenvalue weighted by molar-refractivity contribution is -0.386. The van der Waals surface area contributed by atoms with Gasteiger partial charge in [-0.15, -0.1) is 0 Å². The molecule has 13 nitrogen and oxygen atoms in total. The van der Waals surface area contributed by atoms with Crippen molar-refractivity contribution in [2.24, 2.45) is 5.73 Å². The molecule has 2 aliphatic heterocycles. The molecule has 1 atom stereocenters. The van der Waals surface area contributed by atoms with Crippen LogP contribution in [0.1, 0.15) is 44.1 Å². The summed E-state index contributed by atoms with van der Waals surface area (Å²) >= 11 is 0. The lowest BCUT2D eigenvalue weighted by atomic mass is 10.1. The third-order valence-electron chi connectivity index (χ3n) is 5.86. The zero-order valence-corrected chi connectivity index (χ0v) is 22.7. The smallest absolute Gasteiger partial charge is 0.278 e. The maximum Gasteiger partial charge on any atom is 0.278 e. The van der Waals surface area contributed by atoms with Gasteiger partial charge in [0.2, 0.25) is 5.91 Å². The van der Waals surface area contributed by atoms with E-state index in [0.717, 1.165) is 19.3 Å². The summed E-state index contributed by atoms with van der Waals surface area (Å²) in [7, 11) is 1.43. The number of amides is 1.